The molecular weight excluding hydrogens is 389 g/mol. The molecule has 2 saturated heterocycles. The third-order valence-electron chi connectivity index (χ3n) is 5.13. The maximum absolute atomic E-state index is 12.7. The van der Waals surface area contributed by atoms with Crippen molar-refractivity contribution in [2.75, 3.05) is 24.6 Å². The number of nitro benzene ring substituents is 1. The lowest BCUT2D eigenvalue weighted by molar-refractivity contribution is -0.384. The second-order valence-electron chi connectivity index (χ2n) is 6.73. The topological polar surface area (TPSA) is 89.8 Å². The Kier molecular flexibility index (Phi) is 5.35. The van der Waals surface area contributed by atoms with E-state index in [-0.39, 0.29) is 11.8 Å². The molecule has 2 aliphatic rings. The first kappa shape index (κ1) is 19.9. The van der Waals surface area contributed by atoms with E-state index in [4.69, 9.17) is 4.74 Å². The highest BCUT2D eigenvalue weighted by atomic mass is 32.2. The first-order chi connectivity index (χ1) is 12.6. The number of hydrogen-bond acceptors (Lipinski definition) is 6. The fourth-order valence-corrected chi connectivity index (χ4v) is 4.49. The summed E-state index contributed by atoms with van der Waals surface area (Å²) in [5.74, 6) is 0.354. The summed E-state index contributed by atoms with van der Waals surface area (Å²) in [6, 6.07) is 2.35. The number of rotatable bonds is 4. The fraction of sp³-hybridized carbons (Fsp3) is 0.625. The van der Waals surface area contributed by atoms with Gasteiger partial charge in [0.05, 0.1) is 15.9 Å². The van der Waals surface area contributed by atoms with Crippen molar-refractivity contribution in [3.05, 3.63) is 28.3 Å². The predicted octanol–water partition coefficient (Wildman–Crippen LogP) is 3.28. The van der Waals surface area contributed by atoms with Gasteiger partial charge >= 0.3 is 5.51 Å². The molecule has 150 valence electrons. The second kappa shape index (κ2) is 7.27. The molecule has 0 spiro atoms. The van der Waals surface area contributed by atoms with Crippen LogP contribution in [0.1, 0.15) is 25.7 Å². The van der Waals surface area contributed by atoms with Gasteiger partial charge in [-0.2, -0.15) is 13.2 Å². The van der Waals surface area contributed by atoms with Crippen LogP contribution in [0.3, 0.4) is 0 Å². The van der Waals surface area contributed by atoms with Crippen LogP contribution in [-0.4, -0.2) is 44.6 Å². The van der Waals surface area contributed by atoms with Gasteiger partial charge in [-0.1, -0.05) is 0 Å². The Hall–Kier alpha value is -1.88. The molecule has 7 nitrogen and oxygen atoms in total. The summed E-state index contributed by atoms with van der Waals surface area (Å²) in [4.78, 5) is 11.1. The molecule has 1 aromatic rings. The number of ether oxygens (including phenoxy) is 1. The van der Waals surface area contributed by atoms with Gasteiger partial charge in [0, 0.05) is 25.8 Å². The largest absolute Gasteiger partial charge is 0.501 e. The van der Waals surface area contributed by atoms with Gasteiger partial charge in [0.25, 0.3) is 15.5 Å². The zero-order chi connectivity index (χ0) is 19.8. The van der Waals surface area contributed by atoms with Crippen molar-refractivity contribution < 1.29 is 31.2 Å². The van der Waals surface area contributed by atoms with Crippen LogP contribution in [0.4, 0.5) is 24.5 Å². The first-order valence-electron chi connectivity index (χ1n) is 8.57. The molecule has 2 heterocycles. The minimum Gasteiger partial charge on any atom is -0.378 e. The molecule has 1 atom stereocenters. The molecule has 0 bridgehead atoms. The van der Waals surface area contributed by atoms with Gasteiger partial charge in [0.1, 0.15) is 5.69 Å². The van der Waals surface area contributed by atoms with Gasteiger partial charge in [-0.3, -0.25) is 10.1 Å². The lowest BCUT2D eigenvalue weighted by atomic mass is 9.89. The number of halogens is 3. The van der Waals surface area contributed by atoms with Crippen molar-refractivity contribution in [3.8, 4) is 0 Å². The summed E-state index contributed by atoms with van der Waals surface area (Å²) in [6.07, 6.45) is 3.72. The van der Waals surface area contributed by atoms with E-state index in [1.54, 1.807) is 4.90 Å². The average molecular weight is 408 g/mol. The smallest absolute Gasteiger partial charge is 0.378 e. The molecule has 0 amide bonds. The van der Waals surface area contributed by atoms with Crippen molar-refractivity contribution in [3.63, 3.8) is 0 Å². The summed E-state index contributed by atoms with van der Waals surface area (Å²) in [6.45, 7) is 1.74. The van der Waals surface area contributed by atoms with Crippen LogP contribution in [-0.2, 0) is 14.6 Å². The van der Waals surface area contributed by atoms with Gasteiger partial charge < -0.3 is 9.64 Å². The van der Waals surface area contributed by atoms with E-state index in [9.17, 15) is 31.7 Å². The molecule has 11 heteroatoms. The van der Waals surface area contributed by atoms with E-state index >= 15 is 0 Å². The van der Waals surface area contributed by atoms with Crippen molar-refractivity contribution in [2.24, 2.45) is 5.92 Å². The maximum atomic E-state index is 12.7. The van der Waals surface area contributed by atoms with Gasteiger partial charge in [0.2, 0.25) is 0 Å². The minimum atomic E-state index is -5.64. The van der Waals surface area contributed by atoms with Crippen molar-refractivity contribution in [2.45, 2.75) is 42.2 Å². The molecule has 1 unspecified atom stereocenters. The van der Waals surface area contributed by atoms with Crippen LogP contribution in [0, 0.1) is 16.0 Å². The molecule has 2 aliphatic heterocycles. The van der Waals surface area contributed by atoms with Crippen molar-refractivity contribution >= 4 is 21.2 Å². The average Bonchev–Trinajstić information content (AvgIpc) is 3.15. The second-order valence-corrected chi connectivity index (χ2v) is 8.67. The van der Waals surface area contributed by atoms with Gasteiger partial charge in [-0.15, -0.1) is 0 Å². The Morgan fingerprint density at radius 1 is 1.19 bits per heavy atom. The molecular formula is C16H19F3N2O5S. The Labute approximate surface area is 154 Å². The Balaban J connectivity index is 1.83. The lowest BCUT2D eigenvalue weighted by Gasteiger charge is -2.35. The molecule has 0 saturated carbocycles. The standard InChI is InChI=1S/C16H19F3N2O5S/c17-16(18,19)27(24,25)12-3-4-13(14(10-12)21(22)23)20-7-5-11(6-8-20)15-2-1-9-26-15/h3-4,10-11,15H,1-2,5-9H2. The minimum absolute atomic E-state index is 0.131. The number of benzene rings is 1. The van der Waals surface area contributed by atoms with Crippen LogP contribution in [0.2, 0.25) is 0 Å². The van der Waals surface area contributed by atoms with E-state index < -0.39 is 30.9 Å². The van der Waals surface area contributed by atoms with Crippen LogP contribution in [0.15, 0.2) is 23.1 Å². The first-order valence-corrected chi connectivity index (χ1v) is 10.1. The van der Waals surface area contributed by atoms with Gasteiger partial charge in [0.15, 0.2) is 0 Å². The Morgan fingerprint density at radius 3 is 2.37 bits per heavy atom. The molecule has 2 fully saturated rings. The number of alkyl halides is 3. The van der Waals surface area contributed by atoms with E-state index in [1.807, 2.05) is 0 Å². The molecule has 0 radical (unpaired) electrons. The summed E-state index contributed by atoms with van der Waals surface area (Å²) in [5, 5.41) is 11.3. The van der Waals surface area contributed by atoms with Crippen LogP contribution in [0.5, 0.6) is 0 Å². The Bertz CT molecular complexity index is 814. The Morgan fingerprint density at radius 2 is 1.85 bits per heavy atom. The number of piperidine rings is 1. The fourth-order valence-electron chi connectivity index (χ4n) is 3.70. The van der Waals surface area contributed by atoms with Gasteiger partial charge in [-0.05, 0) is 43.7 Å². The lowest BCUT2D eigenvalue weighted by Crippen LogP contribution is -2.38. The summed E-state index contributed by atoms with van der Waals surface area (Å²) in [7, 11) is -5.64. The SMILES string of the molecule is O=[N+]([O-])c1cc(S(=O)(=O)C(F)(F)F)ccc1N1CCC(C2CCCO2)CC1. The van der Waals surface area contributed by atoms with E-state index in [2.05, 4.69) is 0 Å². The normalized spacial score (nSPS) is 22.2. The van der Waals surface area contributed by atoms with Crippen molar-refractivity contribution in [1.29, 1.82) is 0 Å². The van der Waals surface area contributed by atoms with E-state index in [0.717, 1.165) is 44.4 Å². The molecule has 0 aromatic heterocycles. The van der Waals surface area contributed by atoms with Crippen LogP contribution < -0.4 is 4.90 Å². The predicted molar refractivity (Wildman–Crippen MR) is 90.2 cm³/mol. The third-order valence-corrected chi connectivity index (χ3v) is 6.61. The molecule has 0 N–H and O–H groups in total. The monoisotopic (exact) mass is 408 g/mol. The zero-order valence-electron chi connectivity index (χ0n) is 14.3. The number of nitrogens with zero attached hydrogens (tertiary/aromatic N) is 2. The van der Waals surface area contributed by atoms with Crippen molar-refractivity contribution in [1.82, 2.24) is 0 Å². The van der Waals surface area contributed by atoms with E-state index in [0.29, 0.717) is 25.1 Å². The number of sulfone groups is 1. The number of nitro groups is 1. The highest BCUT2D eigenvalue weighted by Gasteiger charge is 2.47. The quantitative estimate of drug-likeness (QED) is 0.561. The summed E-state index contributed by atoms with van der Waals surface area (Å²) in [5.41, 5.74) is -6.02. The van der Waals surface area contributed by atoms with Crippen LogP contribution >= 0.6 is 0 Å². The third kappa shape index (κ3) is 3.88. The van der Waals surface area contributed by atoms with Gasteiger partial charge in [-0.25, -0.2) is 8.42 Å². The molecule has 0 aliphatic carbocycles. The summed E-state index contributed by atoms with van der Waals surface area (Å²) >= 11 is 0. The highest BCUT2D eigenvalue weighted by Crippen LogP contribution is 2.38. The molecule has 3 rings (SSSR count). The summed E-state index contributed by atoms with van der Waals surface area (Å²) < 4.78 is 66.9. The zero-order valence-corrected chi connectivity index (χ0v) is 15.1. The molecule has 27 heavy (non-hydrogen) atoms. The maximum Gasteiger partial charge on any atom is 0.501 e. The number of hydrogen-bond donors (Lipinski definition) is 0. The molecule has 1 aromatic carbocycles. The number of anilines is 1. The van der Waals surface area contributed by atoms with Crippen LogP contribution in [0.25, 0.3) is 0 Å². The van der Waals surface area contributed by atoms with E-state index in [1.165, 1.54) is 0 Å². The highest BCUT2D eigenvalue weighted by molar-refractivity contribution is 7.92.